The molecule has 3 heterocycles. The molecule has 0 aliphatic carbocycles. The minimum atomic E-state index is -0.595. The van der Waals surface area contributed by atoms with Crippen molar-refractivity contribution in [3.05, 3.63) is 65.2 Å². The van der Waals surface area contributed by atoms with E-state index in [-0.39, 0.29) is 5.82 Å². The van der Waals surface area contributed by atoms with Gasteiger partial charge in [0.2, 0.25) is 0 Å². The van der Waals surface area contributed by atoms with Crippen molar-refractivity contribution in [1.82, 2.24) is 10.1 Å². The van der Waals surface area contributed by atoms with Crippen LogP contribution in [-0.4, -0.2) is 28.6 Å². The molecular formula is C20H15N3O4S. The Hall–Kier alpha value is -3.52. The lowest BCUT2D eigenvalue weighted by Crippen LogP contribution is -2.21. The van der Waals surface area contributed by atoms with Gasteiger partial charge in [0.15, 0.2) is 12.4 Å². The Morgan fingerprint density at radius 3 is 2.79 bits per heavy atom. The van der Waals surface area contributed by atoms with Crippen molar-refractivity contribution in [1.29, 1.82) is 0 Å². The number of anilines is 1. The molecule has 8 heteroatoms. The standard InChI is InChI=1S/C20H15N3O4S/c1-12-9-18(23-27-12)22-19(24)11-26-20(25)14-10-16(17-7-4-8-28-17)21-15-6-3-2-5-13(14)15/h2-10H,11H2,1H3,(H,22,23,24). The van der Waals surface area contributed by atoms with Crippen LogP contribution in [0.1, 0.15) is 16.1 Å². The van der Waals surface area contributed by atoms with E-state index in [1.165, 1.54) is 11.3 Å². The maximum Gasteiger partial charge on any atom is 0.339 e. The van der Waals surface area contributed by atoms with Gasteiger partial charge in [0.25, 0.3) is 5.91 Å². The fraction of sp³-hybridized carbons (Fsp3) is 0.100. The third-order valence-corrected chi connectivity index (χ3v) is 4.83. The number of fused-ring (bicyclic) bond motifs is 1. The van der Waals surface area contributed by atoms with Crippen LogP contribution < -0.4 is 5.32 Å². The zero-order valence-corrected chi connectivity index (χ0v) is 15.7. The van der Waals surface area contributed by atoms with Gasteiger partial charge in [0, 0.05) is 11.5 Å². The first-order valence-corrected chi connectivity index (χ1v) is 9.32. The number of nitrogens with one attached hydrogen (secondary N) is 1. The highest BCUT2D eigenvalue weighted by atomic mass is 32.1. The molecule has 0 aliphatic heterocycles. The van der Waals surface area contributed by atoms with Crippen LogP contribution in [-0.2, 0) is 9.53 Å². The number of benzene rings is 1. The number of carbonyl (C=O) groups is 2. The summed E-state index contributed by atoms with van der Waals surface area (Å²) >= 11 is 1.53. The predicted molar refractivity (Wildman–Crippen MR) is 105 cm³/mol. The molecule has 0 aliphatic rings. The molecule has 1 aromatic carbocycles. The summed E-state index contributed by atoms with van der Waals surface area (Å²) in [5.41, 5.74) is 1.73. The number of aromatic nitrogens is 2. The van der Waals surface area contributed by atoms with Crippen molar-refractivity contribution >= 4 is 39.9 Å². The summed E-state index contributed by atoms with van der Waals surface area (Å²) in [4.78, 5) is 30.2. The number of rotatable bonds is 5. The Bertz CT molecular complexity index is 1150. The Balaban J connectivity index is 1.55. The molecule has 7 nitrogen and oxygen atoms in total. The van der Waals surface area contributed by atoms with Gasteiger partial charge in [-0.2, -0.15) is 0 Å². The van der Waals surface area contributed by atoms with Crippen LogP contribution in [0, 0.1) is 6.92 Å². The Labute approximate surface area is 163 Å². The summed E-state index contributed by atoms with van der Waals surface area (Å²) in [5, 5.41) is 8.79. The SMILES string of the molecule is Cc1cc(NC(=O)COC(=O)c2cc(-c3cccs3)nc3ccccc23)no1. The molecule has 4 rings (SSSR count). The van der Waals surface area contributed by atoms with Crippen LogP contribution in [0.3, 0.4) is 0 Å². The fourth-order valence-electron chi connectivity index (χ4n) is 2.71. The topological polar surface area (TPSA) is 94.3 Å². The van der Waals surface area contributed by atoms with E-state index in [9.17, 15) is 9.59 Å². The van der Waals surface area contributed by atoms with Crippen LogP contribution in [0.4, 0.5) is 5.82 Å². The third-order valence-electron chi connectivity index (χ3n) is 3.94. The van der Waals surface area contributed by atoms with E-state index < -0.39 is 18.5 Å². The molecule has 0 bridgehead atoms. The molecule has 1 amide bonds. The van der Waals surface area contributed by atoms with Crippen molar-refractivity contribution in [3.63, 3.8) is 0 Å². The zero-order chi connectivity index (χ0) is 19.5. The number of nitrogens with zero attached hydrogens (tertiary/aromatic N) is 2. The monoisotopic (exact) mass is 393 g/mol. The van der Waals surface area contributed by atoms with Gasteiger partial charge < -0.3 is 14.6 Å². The third kappa shape index (κ3) is 3.77. The number of esters is 1. The van der Waals surface area contributed by atoms with E-state index in [2.05, 4.69) is 15.5 Å². The molecule has 0 spiro atoms. The van der Waals surface area contributed by atoms with E-state index in [1.807, 2.05) is 35.7 Å². The van der Waals surface area contributed by atoms with Gasteiger partial charge in [-0.05, 0) is 30.5 Å². The smallest absolute Gasteiger partial charge is 0.339 e. The van der Waals surface area contributed by atoms with Gasteiger partial charge in [0.1, 0.15) is 5.76 Å². The Morgan fingerprint density at radius 2 is 2.04 bits per heavy atom. The van der Waals surface area contributed by atoms with Crippen molar-refractivity contribution in [3.8, 4) is 10.6 Å². The molecule has 4 aromatic rings. The second-order valence-corrected chi connectivity index (χ2v) is 6.94. The van der Waals surface area contributed by atoms with Crippen LogP contribution in [0.5, 0.6) is 0 Å². The lowest BCUT2D eigenvalue weighted by atomic mass is 10.1. The number of ether oxygens (including phenoxy) is 1. The van der Waals surface area contributed by atoms with Crippen LogP contribution in [0.2, 0.25) is 0 Å². The Kier molecular flexibility index (Phi) is 4.86. The molecule has 140 valence electrons. The first-order valence-electron chi connectivity index (χ1n) is 8.44. The van der Waals surface area contributed by atoms with Gasteiger partial charge >= 0.3 is 5.97 Å². The number of para-hydroxylation sites is 1. The average molecular weight is 393 g/mol. The van der Waals surface area contributed by atoms with Crippen molar-refractivity contribution < 1.29 is 18.8 Å². The quantitative estimate of drug-likeness (QED) is 0.514. The van der Waals surface area contributed by atoms with Crippen LogP contribution in [0.15, 0.2) is 58.4 Å². The Morgan fingerprint density at radius 1 is 1.18 bits per heavy atom. The van der Waals surface area contributed by atoms with Crippen molar-refractivity contribution in [2.75, 3.05) is 11.9 Å². The molecule has 0 atom stereocenters. The van der Waals surface area contributed by atoms with E-state index in [0.29, 0.717) is 27.9 Å². The van der Waals surface area contributed by atoms with Gasteiger partial charge in [-0.25, -0.2) is 9.78 Å². The molecule has 0 unspecified atom stereocenters. The second kappa shape index (κ2) is 7.61. The highest BCUT2D eigenvalue weighted by Gasteiger charge is 2.17. The van der Waals surface area contributed by atoms with Crippen LogP contribution in [0.25, 0.3) is 21.5 Å². The molecule has 0 saturated heterocycles. The average Bonchev–Trinajstić information content (AvgIpc) is 3.37. The molecule has 1 N–H and O–H groups in total. The molecule has 0 fully saturated rings. The summed E-state index contributed by atoms with van der Waals surface area (Å²) in [7, 11) is 0. The number of aryl methyl sites for hydroxylation is 1. The number of carbonyl (C=O) groups excluding carboxylic acids is 2. The maximum atomic E-state index is 12.7. The molecule has 0 radical (unpaired) electrons. The molecular weight excluding hydrogens is 378 g/mol. The second-order valence-electron chi connectivity index (χ2n) is 6.00. The molecule has 28 heavy (non-hydrogen) atoms. The summed E-state index contributed by atoms with van der Waals surface area (Å²) < 4.78 is 10.1. The minimum absolute atomic E-state index is 0.271. The highest BCUT2D eigenvalue weighted by molar-refractivity contribution is 7.13. The lowest BCUT2D eigenvalue weighted by Gasteiger charge is -2.09. The maximum absolute atomic E-state index is 12.7. The number of hydrogen-bond acceptors (Lipinski definition) is 7. The first kappa shape index (κ1) is 17.9. The summed E-state index contributed by atoms with van der Waals surface area (Å²) in [6, 6.07) is 14.4. The van der Waals surface area contributed by atoms with Gasteiger partial charge in [-0.3, -0.25) is 4.79 Å². The number of hydrogen-bond donors (Lipinski definition) is 1. The number of pyridine rings is 1. The zero-order valence-electron chi connectivity index (χ0n) is 14.8. The van der Waals surface area contributed by atoms with E-state index >= 15 is 0 Å². The van der Waals surface area contributed by atoms with E-state index in [4.69, 9.17) is 9.26 Å². The number of amides is 1. The largest absolute Gasteiger partial charge is 0.452 e. The summed E-state index contributed by atoms with van der Waals surface area (Å²) in [6.07, 6.45) is 0. The normalized spacial score (nSPS) is 10.8. The van der Waals surface area contributed by atoms with Gasteiger partial charge in [-0.1, -0.05) is 29.4 Å². The first-order chi connectivity index (χ1) is 13.6. The minimum Gasteiger partial charge on any atom is -0.452 e. The van der Waals surface area contributed by atoms with Crippen molar-refractivity contribution in [2.24, 2.45) is 0 Å². The van der Waals surface area contributed by atoms with Crippen molar-refractivity contribution in [2.45, 2.75) is 6.92 Å². The summed E-state index contributed by atoms with van der Waals surface area (Å²) in [6.45, 7) is 1.28. The van der Waals surface area contributed by atoms with E-state index in [0.717, 1.165) is 4.88 Å². The lowest BCUT2D eigenvalue weighted by molar-refractivity contribution is -0.119. The predicted octanol–water partition coefficient (Wildman–Crippen LogP) is 4.06. The fourth-order valence-corrected chi connectivity index (χ4v) is 3.39. The molecule has 3 aromatic heterocycles. The van der Waals surface area contributed by atoms with E-state index in [1.54, 1.807) is 25.1 Å². The van der Waals surface area contributed by atoms with Gasteiger partial charge in [0.05, 0.1) is 21.7 Å². The van der Waals surface area contributed by atoms with Gasteiger partial charge in [-0.15, -0.1) is 11.3 Å². The molecule has 0 saturated carbocycles. The highest BCUT2D eigenvalue weighted by Crippen LogP contribution is 2.28. The summed E-state index contributed by atoms with van der Waals surface area (Å²) in [5.74, 6) is -0.258. The van der Waals surface area contributed by atoms with Crippen LogP contribution >= 0.6 is 11.3 Å². The number of thiophene rings is 1.